The molecule has 11 heteroatoms. The van der Waals surface area contributed by atoms with Gasteiger partial charge in [0.25, 0.3) is 5.91 Å². The molecule has 43 heavy (non-hydrogen) atoms. The van der Waals surface area contributed by atoms with Gasteiger partial charge < -0.3 is 30.7 Å². The van der Waals surface area contributed by atoms with E-state index in [1.165, 1.54) is 4.90 Å². The molecule has 1 unspecified atom stereocenters. The van der Waals surface area contributed by atoms with Crippen LogP contribution >= 0.6 is 0 Å². The van der Waals surface area contributed by atoms with E-state index in [2.05, 4.69) is 16.0 Å². The molecule has 2 heterocycles. The Kier molecular flexibility index (Phi) is 8.91. The number of urea groups is 1. The van der Waals surface area contributed by atoms with Crippen molar-refractivity contribution in [1.29, 1.82) is 0 Å². The molecule has 0 aliphatic carbocycles. The second-order valence-corrected chi connectivity index (χ2v) is 10.8. The molecule has 2 aliphatic rings. The number of benzene rings is 3. The number of hydrogen-bond donors (Lipinski definition) is 4. The lowest BCUT2D eigenvalue weighted by atomic mass is 10.0. The van der Waals surface area contributed by atoms with Crippen LogP contribution < -0.4 is 31.2 Å². The van der Waals surface area contributed by atoms with Crippen LogP contribution in [0.15, 0.2) is 60.7 Å². The van der Waals surface area contributed by atoms with E-state index in [0.717, 1.165) is 28.0 Å². The maximum atomic E-state index is 12.9. The number of ether oxygens (including phenoxy) is 2. The molecular formula is C32H35N5O6. The number of nitrogens with zero attached hydrogens (tertiary/aromatic N) is 1. The fourth-order valence-electron chi connectivity index (χ4n) is 5.10. The molecule has 0 bridgehead atoms. The van der Waals surface area contributed by atoms with E-state index < -0.39 is 11.9 Å². The van der Waals surface area contributed by atoms with Gasteiger partial charge in [-0.25, -0.2) is 4.79 Å². The van der Waals surface area contributed by atoms with Gasteiger partial charge in [-0.3, -0.25) is 19.7 Å². The third-order valence-corrected chi connectivity index (χ3v) is 7.28. The lowest BCUT2D eigenvalue weighted by Crippen LogP contribution is -2.52. The van der Waals surface area contributed by atoms with Crippen LogP contribution in [-0.2, 0) is 35.8 Å². The van der Waals surface area contributed by atoms with Crippen LogP contribution in [0.25, 0.3) is 0 Å². The number of hydrogen-bond acceptors (Lipinski definition) is 7. The lowest BCUT2D eigenvalue weighted by Gasteiger charge is -2.29. The molecule has 5 rings (SSSR count). The highest BCUT2D eigenvalue weighted by molar-refractivity contribution is 6.05. The molecule has 0 saturated carbocycles. The van der Waals surface area contributed by atoms with Gasteiger partial charge in [-0.1, -0.05) is 24.3 Å². The maximum absolute atomic E-state index is 12.9. The first-order chi connectivity index (χ1) is 20.7. The van der Waals surface area contributed by atoms with Crippen LogP contribution in [0.3, 0.4) is 0 Å². The smallest absolute Gasteiger partial charge is 0.319 e. The number of nitrogens with one attached hydrogen (secondary N) is 3. The molecule has 11 nitrogen and oxygen atoms in total. The molecule has 3 aromatic rings. The summed E-state index contributed by atoms with van der Waals surface area (Å²) in [5, 5.41) is 7.93. The summed E-state index contributed by atoms with van der Waals surface area (Å²) in [6.45, 7) is 5.20. The van der Waals surface area contributed by atoms with E-state index in [1.54, 1.807) is 36.4 Å². The number of carbonyl (C=O) groups is 4. The molecule has 3 aromatic carbocycles. The number of carbonyl (C=O) groups excluding carboxylic acids is 4. The van der Waals surface area contributed by atoms with E-state index in [9.17, 15) is 19.2 Å². The number of nitrogens with two attached hydrogens (primary N) is 1. The normalized spacial score (nSPS) is 16.1. The van der Waals surface area contributed by atoms with Crippen molar-refractivity contribution < 1.29 is 28.7 Å². The molecular weight excluding hydrogens is 550 g/mol. The van der Waals surface area contributed by atoms with Gasteiger partial charge in [-0.15, -0.1) is 0 Å². The summed E-state index contributed by atoms with van der Waals surface area (Å²) in [6.07, 6.45) is 0.531. The Morgan fingerprint density at radius 1 is 1.05 bits per heavy atom. The molecule has 2 aliphatic heterocycles. The van der Waals surface area contributed by atoms with Crippen molar-refractivity contribution in [3.05, 3.63) is 88.5 Å². The molecule has 0 radical (unpaired) electrons. The van der Waals surface area contributed by atoms with Gasteiger partial charge in [0.2, 0.25) is 11.8 Å². The first kappa shape index (κ1) is 29.6. The Morgan fingerprint density at radius 3 is 2.53 bits per heavy atom. The van der Waals surface area contributed by atoms with Crippen LogP contribution in [0, 0.1) is 0 Å². The average molecular weight is 586 g/mol. The Morgan fingerprint density at radius 2 is 1.81 bits per heavy atom. The molecule has 1 saturated heterocycles. The van der Waals surface area contributed by atoms with Crippen molar-refractivity contribution in [2.24, 2.45) is 5.73 Å². The average Bonchev–Trinajstić information content (AvgIpc) is 3.31. The Bertz CT molecular complexity index is 1540. The minimum Gasteiger partial charge on any atom is -0.491 e. The SMILES string of the molecule is CC(C)Oc1cc(CN)ccc1COc1ccc(NC(=O)NCc2ccc3c(c2)CN(C2CCC(=O)NC2=O)C3=O)cc1. The minimum absolute atomic E-state index is 0.0190. The predicted octanol–water partition coefficient (Wildman–Crippen LogP) is 3.59. The lowest BCUT2D eigenvalue weighted by molar-refractivity contribution is -0.136. The van der Waals surface area contributed by atoms with Gasteiger partial charge in [-0.05, 0) is 73.4 Å². The Hall–Kier alpha value is -4.90. The Labute approximate surface area is 249 Å². The topological polar surface area (TPSA) is 152 Å². The zero-order valence-electron chi connectivity index (χ0n) is 24.1. The van der Waals surface area contributed by atoms with Gasteiger partial charge in [0.15, 0.2) is 0 Å². The van der Waals surface area contributed by atoms with Gasteiger partial charge in [-0.2, -0.15) is 0 Å². The number of fused-ring (bicyclic) bond motifs is 1. The first-order valence-corrected chi connectivity index (χ1v) is 14.2. The predicted molar refractivity (Wildman–Crippen MR) is 159 cm³/mol. The van der Waals surface area contributed by atoms with Crippen LogP contribution in [0.5, 0.6) is 11.5 Å². The largest absolute Gasteiger partial charge is 0.491 e. The summed E-state index contributed by atoms with van der Waals surface area (Å²) in [4.78, 5) is 50.7. The summed E-state index contributed by atoms with van der Waals surface area (Å²) >= 11 is 0. The van der Waals surface area contributed by atoms with Crippen molar-refractivity contribution in [3.63, 3.8) is 0 Å². The van der Waals surface area contributed by atoms with E-state index >= 15 is 0 Å². The highest BCUT2D eigenvalue weighted by Gasteiger charge is 2.39. The number of amides is 5. The van der Waals surface area contributed by atoms with Crippen LogP contribution in [0.2, 0.25) is 0 Å². The van der Waals surface area contributed by atoms with E-state index in [1.807, 2.05) is 38.1 Å². The summed E-state index contributed by atoms with van der Waals surface area (Å²) in [5.41, 5.74) is 10.4. The molecule has 1 fully saturated rings. The summed E-state index contributed by atoms with van der Waals surface area (Å²) in [7, 11) is 0. The zero-order chi connectivity index (χ0) is 30.5. The van der Waals surface area contributed by atoms with E-state index in [0.29, 0.717) is 36.6 Å². The molecule has 5 N–H and O–H groups in total. The highest BCUT2D eigenvalue weighted by atomic mass is 16.5. The number of rotatable bonds is 10. The Balaban J connectivity index is 1.11. The third kappa shape index (κ3) is 7.12. The fraction of sp³-hybridized carbons (Fsp3) is 0.312. The molecule has 0 spiro atoms. The van der Waals surface area contributed by atoms with Gasteiger partial charge in [0.05, 0.1) is 6.10 Å². The van der Waals surface area contributed by atoms with Crippen molar-refractivity contribution in [2.75, 3.05) is 5.32 Å². The van der Waals surface area contributed by atoms with Crippen molar-refractivity contribution in [2.45, 2.75) is 65.1 Å². The second-order valence-electron chi connectivity index (χ2n) is 10.8. The van der Waals surface area contributed by atoms with Crippen molar-refractivity contribution in [3.8, 4) is 11.5 Å². The molecule has 1 atom stereocenters. The molecule has 224 valence electrons. The van der Waals surface area contributed by atoms with E-state index in [-0.39, 0.29) is 43.5 Å². The minimum atomic E-state index is -0.666. The number of imide groups is 1. The monoisotopic (exact) mass is 585 g/mol. The number of anilines is 1. The third-order valence-electron chi connectivity index (χ3n) is 7.28. The van der Waals surface area contributed by atoms with Gasteiger partial charge in [0.1, 0.15) is 24.1 Å². The summed E-state index contributed by atoms with van der Waals surface area (Å²) < 4.78 is 11.9. The quantitative estimate of drug-likeness (QED) is 0.265. The van der Waals surface area contributed by atoms with Gasteiger partial charge in [0, 0.05) is 42.9 Å². The molecule has 5 amide bonds. The first-order valence-electron chi connectivity index (χ1n) is 14.2. The second kappa shape index (κ2) is 13.0. The fourth-order valence-corrected chi connectivity index (χ4v) is 5.10. The van der Waals surface area contributed by atoms with Crippen LogP contribution in [-0.4, -0.2) is 40.8 Å². The number of piperidine rings is 1. The van der Waals surface area contributed by atoms with E-state index in [4.69, 9.17) is 15.2 Å². The van der Waals surface area contributed by atoms with Crippen LogP contribution in [0.1, 0.15) is 59.3 Å². The van der Waals surface area contributed by atoms with Crippen molar-refractivity contribution >= 4 is 29.4 Å². The van der Waals surface area contributed by atoms with Crippen LogP contribution in [0.4, 0.5) is 10.5 Å². The van der Waals surface area contributed by atoms with Crippen molar-refractivity contribution in [1.82, 2.24) is 15.5 Å². The molecule has 0 aromatic heterocycles. The van der Waals surface area contributed by atoms with Gasteiger partial charge >= 0.3 is 6.03 Å². The summed E-state index contributed by atoms with van der Waals surface area (Å²) in [5.74, 6) is 0.386. The summed E-state index contributed by atoms with van der Waals surface area (Å²) in [6, 6.07) is 17.2. The maximum Gasteiger partial charge on any atom is 0.319 e. The highest BCUT2D eigenvalue weighted by Crippen LogP contribution is 2.28. The zero-order valence-corrected chi connectivity index (χ0v) is 24.1. The standard InChI is InChI=1S/C32H35N5O6/c1-19(2)43-28-14-20(15-33)3-5-22(28)18-42-25-8-6-24(7-9-25)35-32(41)34-16-21-4-10-26-23(13-21)17-37(31(26)40)27-11-12-29(38)36-30(27)39/h3-10,13-14,19,27H,11-12,15-18,33H2,1-2H3,(H2,34,35,41)(H,36,38,39).